The second-order valence-electron chi connectivity index (χ2n) is 3.78. The van der Waals surface area contributed by atoms with Gasteiger partial charge >= 0.3 is 0 Å². The number of rotatable bonds is 5. The number of nitrogens with zero attached hydrogens (tertiary/aromatic N) is 1. The number of aryl methyl sites for hydroxylation is 2. The van der Waals surface area contributed by atoms with Crippen LogP contribution in [0.5, 0.6) is 0 Å². The van der Waals surface area contributed by atoms with E-state index in [0.29, 0.717) is 11.1 Å². The molecule has 0 aliphatic carbocycles. The minimum atomic E-state index is -3.99. The largest absolute Gasteiger partial charge is 0.395 e. The van der Waals surface area contributed by atoms with Crippen molar-refractivity contribution in [3.05, 3.63) is 33.4 Å². The molecule has 18 heavy (non-hydrogen) atoms. The number of hydrogen-bond donors (Lipinski definition) is 2. The van der Waals surface area contributed by atoms with E-state index in [1.54, 1.807) is 13.8 Å². The second kappa shape index (κ2) is 5.42. The summed E-state index contributed by atoms with van der Waals surface area (Å²) in [5, 5.41) is 19.5. The van der Waals surface area contributed by atoms with E-state index in [0.717, 1.165) is 0 Å². The summed E-state index contributed by atoms with van der Waals surface area (Å²) in [6, 6.07) is 2.48. The lowest BCUT2D eigenvalue weighted by Crippen LogP contribution is -2.27. The Labute approximate surface area is 105 Å². The van der Waals surface area contributed by atoms with Crippen molar-refractivity contribution in [1.82, 2.24) is 4.72 Å². The summed E-state index contributed by atoms with van der Waals surface area (Å²) in [4.78, 5) is 9.75. The van der Waals surface area contributed by atoms with Crippen LogP contribution in [0.1, 0.15) is 11.1 Å². The van der Waals surface area contributed by atoms with Gasteiger partial charge in [-0.2, -0.15) is 0 Å². The van der Waals surface area contributed by atoms with E-state index in [4.69, 9.17) is 5.11 Å². The molecule has 0 fully saturated rings. The fourth-order valence-electron chi connectivity index (χ4n) is 1.39. The predicted octanol–water partition coefficient (Wildman–Crippen LogP) is 0.482. The summed E-state index contributed by atoms with van der Waals surface area (Å²) in [7, 11) is -3.99. The third-order valence-electron chi connectivity index (χ3n) is 2.47. The molecular formula is C10H14N2O5S. The molecule has 0 aliphatic rings. The van der Waals surface area contributed by atoms with Crippen molar-refractivity contribution in [1.29, 1.82) is 0 Å². The number of aliphatic hydroxyl groups is 1. The molecule has 1 aromatic rings. The number of sulfonamides is 1. The Hall–Kier alpha value is -1.51. The number of hydrogen-bond acceptors (Lipinski definition) is 5. The minimum Gasteiger partial charge on any atom is -0.395 e. The first-order valence-electron chi connectivity index (χ1n) is 5.15. The van der Waals surface area contributed by atoms with E-state index in [1.807, 2.05) is 0 Å². The van der Waals surface area contributed by atoms with E-state index in [9.17, 15) is 18.5 Å². The quantitative estimate of drug-likeness (QED) is 0.599. The molecule has 0 heterocycles. The Morgan fingerprint density at radius 1 is 1.33 bits per heavy atom. The van der Waals surface area contributed by atoms with Crippen molar-refractivity contribution in [3.8, 4) is 0 Å². The number of nitro groups is 1. The first-order chi connectivity index (χ1) is 8.29. The van der Waals surface area contributed by atoms with Crippen LogP contribution in [-0.4, -0.2) is 31.6 Å². The lowest BCUT2D eigenvalue weighted by Gasteiger charge is -2.08. The molecule has 0 saturated heterocycles. The van der Waals surface area contributed by atoms with Crippen molar-refractivity contribution in [2.75, 3.05) is 13.2 Å². The van der Waals surface area contributed by atoms with E-state index < -0.39 is 20.6 Å². The molecule has 0 atom stereocenters. The van der Waals surface area contributed by atoms with Crippen LogP contribution in [0.2, 0.25) is 0 Å². The van der Waals surface area contributed by atoms with Crippen LogP contribution < -0.4 is 4.72 Å². The van der Waals surface area contributed by atoms with E-state index >= 15 is 0 Å². The molecule has 0 radical (unpaired) electrons. The summed E-state index contributed by atoms with van der Waals surface area (Å²) in [5.41, 5.74) is 0.816. The first-order valence-corrected chi connectivity index (χ1v) is 6.64. The molecule has 7 nitrogen and oxygen atoms in total. The molecule has 0 saturated carbocycles. The van der Waals surface area contributed by atoms with Crippen LogP contribution in [0.4, 0.5) is 5.69 Å². The summed E-state index contributed by atoms with van der Waals surface area (Å²) >= 11 is 0. The van der Waals surface area contributed by atoms with Gasteiger partial charge in [-0.25, -0.2) is 13.1 Å². The van der Waals surface area contributed by atoms with Crippen molar-refractivity contribution < 1.29 is 18.4 Å². The maximum Gasteiger partial charge on any atom is 0.289 e. The van der Waals surface area contributed by atoms with Gasteiger partial charge in [0.2, 0.25) is 10.0 Å². The number of aliphatic hydroxyl groups excluding tert-OH is 1. The Balaban J connectivity index is 3.39. The van der Waals surface area contributed by atoms with Crippen molar-refractivity contribution >= 4 is 15.7 Å². The summed E-state index contributed by atoms with van der Waals surface area (Å²) in [6.07, 6.45) is 0. The predicted molar refractivity (Wildman–Crippen MR) is 64.8 cm³/mol. The molecule has 1 aromatic carbocycles. The third kappa shape index (κ3) is 3.03. The van der Waals surface area contributed by atoms with Crippen molar-refractivity contribution in [2.45, 2.75) is 18.7 Å². The number of nitro benzene ring substituents is 1. The third-order valence-corrected chi connectivity index (χ3v) is 3.96. The lowest BCUT2D eigenvalue weighted by atomic mass is 10.1. The van der Waals surface area contributed by atoms with E-state index in [1.165, 1.54) is 12.1 Å². The molecular weight excluding hydrogens is 260 g/mol. The number of benzene rings is 1. The van der Waals surface area contributed by atoms with E-state index in [2.05, 4.69) is 4.72 Å². The van der Waals surface area contributed by atoms with Crippen LogP contribution in [0.15, 0.2) is 17.0 Å². The average molecular weight is 274 g/mol. The van der Waals surface area contributed by atoms with E-state index in [-0.39, 0.29) is 18.0 Å². The molecule has 0 aliphatic heterocycles. The maximum absolute atomic E-state index is 11.9. The van der Waals surface area contributed by atoms with Crippen molar-refractivity contribution in [2.24, 2.45) is 0 Å². The van der Waals surface area contributed by atoms with Gasteiger partial charge in [0, 0.05) is 12.6 Å². The molecule has 8 heteroatoms. The van der Waals surface area contributed by atoms with Crippen LogP contribution in [0.3, 0.4) is 0 Å². The first kappa shape index (κ1) is 14.6. The molecule has 2 N–H and O–H groups in total. The van der Waals surface area contributed by atoms with Gasteiger partial charge in [0.05, 0.1) is 11.5 Å². The highest BCUT2D eigenvalue weighted by Gasteiger charge is 2.26. The molecule has 1 rings (SSSR count). The average Bonchev–Trinajstić information content (AvgIpc) is 2.29. The Bertz CT molecular complexity index is 568. The summed E-state index contributed by atoms with van der Waals surface area (Å²) in [6.45, 7) is 2.77. The van der Waals surface area contributed by atoms with Gasteiger partial charge in [-0.15, -0.1) is 0 Å². The normalized spacial score (nSPS) is 11.5. The SMILES string of the molecule is Cc1cc([N+](=O)[O-])c(S(=O)(=O)NCCO)cc1C. The number of nitrogens with one attached hydrogen (secondary N) is 1. The maximum atomic E-state index is 11.9. The standard InChI is InChI=1S/C10H14N2O5S/c1-7-5-9(12(14)15)10(6-8(7)2)18(16,17)11-3-4-13/h5-6,11,13H,3-4H2,1-2H3. The molecule has 0 bridgehead atoms. The smallest absolute Gasteiger partial charge is 0.289 e. The van der Waals surface area contributed by atoms with Crippen LogP contribution in [0, 0.1) is 24.0 Å². The molecule has 100 valence electrons. The van der Waals surface area contributed by atoms with Gasteiger partial charge in [0.15, 0.2) is 4.90 Å². The van der Waals surface area contributed by atoms with Gasteiger partial charge in [0.25, 0.3) is 5.69 Å². The van der Waals surface area contributed by atoms with Crippen LogP contribution in [0.25, 0.3) is 0 Å². The van der Waals surface area contributed by atoms with Gasteiger partial charge in [-0.05, 0) is 31.0 Å². The van der Waals surface area contributed by atoms with Crippen LogP contribution in [-0.2, 0) is 10.0 Å². The topological polar surface area (TPSA) is 110 Å². The van der Waals surface area contributed by atoms with Gasteiger partial charge in [0.1, 0.15) is 0 Å². The molecule has 0 amide bonds. The Morgan fingerprint density at radius 3 is 2.39 bits per heavy atom. The Morgan fingerprint density at radius 2 is 1.89 bits per heavy atom. The van der Waals surface area contributed by atoms with Gasteiger partial charge in [-0.1, -0.05) is 0 Å². The highest BCUT2D eigenvalue weighted by atomic mass is 32.2. The minimum absolute atomic E-state index is 0.188. The summed E-state index contributed by atoms with van der Waals surface area (Å²) < 4.78 is 25.8. The summed E-state index contributed by atoms with van der Waals surface area (Å²) in [5.74, 6) is 0. The monoisotopic (exact) mass is 274 g/mol. The lowest BCUT2D eigenvalue weighted by molar-refractivity contribution is -0.387. The zero-order valence-corrected chi connectivity index (χ0v) is 10.8. The highest BCUT2D eigenvalue weighted by Crippen LogP contribution is 2.26. The molecule has 0 aromatic heterocycles. The van der Waals surface area contributed by atoms with Crippen molar-refractivity contribution in [3.63, 3.8) is 0 Å². The zero-order valence-electron chi connectivity index (χ0n) is 10.0. The second-order valence-corrected chi connectivity index (χ2v) is 5.52. The van der Waals surface area contributed by atoms with Crippen LogP contribution >= 0.6 is 0 Å². The Kier molecular flexibility index (Phi) is 4.38. The molecule has 0 unspecified atom stereocenters. The molecule has 0 spiro atoms. The highest BCUT2D eigenvalue weighted by molar-refractivity contribution is 7.89. The fourth-order valence-corrected chi connectivity index (χ4v) is 2.65. The van der Waals surface area contributed by atoms with Gasteiger partial charge < -0.3 is 5.11 Å². The fraction of sp³-hybridized carbons (Fsp3) is 0.400. The van der Waals surface area contributed by atoms with Gasteiger partial charge in [-0.3, -0.25) is 10.1 Å². The zero-order chi connectivity index (χ0) is 13.9.